The number of rotatable bonds is 7. The van der Waals surface area contributed by atoms with Crippen molar-refractivity contribution in [2.24, 2.45) is 0 Å². The molecule has 7 heteroatoms. The summed E-state index contributed by atoms with van der Waals surface area (Å²) in [5.41, 5.74) is 5.59. The van der Waals surface area contributed by atoms with Crippen LogP contribution in [0.4, 0.5) is 11.9 Å². The highest BCUT2D eigenvalue weighted by atomic mass is 16.5. The Bertz CT molecular complexity index is 347. The Morgan fingerprint density at radius 2 is 2.06 bits per heavy atom. The molecule has 0 spiro atoms. The van der Waals surface area contributed by atoms with E-state index in [1.54, 1.807) is 0 Å². The van der Waals surface area contributed by atoms with Gasteiger partial charge in [0.05, 0.1) is 6.61 Å². The molecule has 96 valence electrons. The fraction of sp³-hybridized carbons (Fsp3) is 0.700. The maximum absolute atomic E-state index is 8.82. The van der Waals surface area contributed by atoms with Crippen molar-refractivity contribution in [3.8, 4) is 6.01 Å². The number of nitrogens with zero attached hydrogens (tertiary/aromatic N) is 4. The zero-order valence-corrected chi connectivity index (χ0v) is 10.3. The second-order valence-corrected chi connectivity index (χ2v) is 3.37. The molecule has 1 rings (SSSR count). The van der Waals surface area contributed by atoms with E-state index in [2.05, 4.69) is 15.0 Å². The molecular weight excluding hydrogens is 222 g/mol. The molecule has 0 radical (unpaired) electrons. The molecule has 0 aliphatic carbocycles. The Hall–Kier alpha value is -1.63. The standard InChI is InChI=1S/C10H19N5O2/c1-3-15(6-5-7-16)9-12-8(11)13-10(14-9)17-4-2/h16H,3-7H2,1-2H3,(H2,11,12,13,14). The van der Waals surface area contributed by atoms with E-state index in [1.165, 1.54) is 0 Å². The van der Waals surface area contributed by atoms with Gasteiger partial charge in [0, 0.05) is 19.7 Å². The maximum atomic E-state index is 8.82. The summed E-state index contributed by atoms with van der Waals surface area (Å²) in [5, 5.41) is 8.82. The van der Waals surface area contributed by atoms with Crippen LogP contribution in [-0.4, -0.2) is 46.4 Å². The number of aliphatic hydroxyl groups is 1. The number of aromatic nitrogens is 3. The highest BCUT2D eigenvalue weighted by molar-refractivity contribution is 5.35. The summed E-state index contributed by atoms with van der Waals surface area (Å²) >= 11 is 0. The second kappa shape index (κ2) is 6.85. The van der Waals surface area contributed by atoms with Gasteiger partial charge < -0.3 is 20.5 Å². The molecule has 0 amide bonds. The molecule has 0 saturated heterocycles. The monoisotopic (exact) mass is 241 g/mol. The third-order valence-electron chi connectivity index (χ3n) is 2.14. The average Bonchev–Trinajstić information content (AvgIpc) is 2.30. The van der Waals surface area contributed by atoms with Crippen LogP contribution in [0.25, 0.3) is 0 Å². The molecule has 0 aromatic carbocycles. The minimum Gasteiger partial charge on any atom is -0.464 e. The van der Waals surface area contributed by atoms with E-state index in [-0.39, 0.29) is 18.6 Å². The lowest BCUT2D eigenvalue weighted by molar-refractivity contribution is 0.289. The zero-order valence-electron chi connectivity index (χ0n) is 10.3. The van der Waals surface area contributed by atoms with Crippen LogP contribution in [0.5, 0.6) is 6.01 Å². The van der Waals surface area contributed by atoms with Crippen molar-refractivity contribution in [1.82, 2.24) is 15.0 Å². The summed E-state index contributed by atoms with van der Waals surface area (Å²) in [5.74, 6) is 0.623. The van der Waals surface area contributed by atoms with Crippen LogP contribution in [0.15, 0.2) is 0 Å². The lowest BCUT2D eigenvalue weighted by atomic mass is 10.4. The van der Waals surface area contributed by atoms with E-state index in [4.69, 9.17) is 15.6 Å². The van der Waals surface area contributed by atoms with Crippen molar-refractivity contribution < 1.29 is 9.84 Å². The first-order chi connectivity index (χ1) is 8.21. The first-order valence-corrected chi connectivity index (χ1v) is 5.71. The Balaban J connectivity index is 2.85. The highest BCUT2D eigenvalue weighted by Crippen LogP contribution is 2.13. The number of hydrogen-bond acceptors (Lipinski definition) is 7. The Morgan fingerprint density at radius 1 is 1.29 bits per heavy atom. The average molecular weight is 241 g/mol. The predicted octanol–water partition coefficient (Wildman–Crippen LogP) is 0.0612. The van der Waals surface area contributed by atoms with E-state index in [1.807, 2.05) is 18.7 Å². The topological polar surface area (TPSA) is 97.4 Å². The van der Waals surface area contributed by atoms with E-state index in [0.29, 0.717) is 25.5 Å². The van der Waals surface area contributed by atoms with E-state index in [9.17, 15) is 0 Å². The van der Waals surface area contributed by atoms with Crippen LogP contribution >= 0.6 is 0 Å². The van der Waals surface area contributed by atoms with E-state index in [0.717, 1.165) is 6.54 Å². The summed E-state index contributed by atoms with van der Waals surface area (Å²) < 4.78 is 5.21. The minimum atomic E-state index is 0.134. The van der Waals surface area contributed by atoms with Gasteiger partial charge in [0.2, 0.25) is 11.9 Å². The highest BCUT2D eigenvalue weighted by Gasteiger charge is 2.11. The Kier molecular flexibility index (Phi) is 5.41. The van der Waals surface area contributed by atoms with Gasteiger partial charge in [-0.05, 0) is 20.3 Å². The predicted molar refractivity (Wildman–Crippen MR) is 65.0 cm³/mol. The van der Waals surface area contributed by atoms with Crippen LogP contribution in [0.3, 0.4) is 0 Å². The molecule has 3 N–H and O–H groups in total. The molecule has 17 heavy (non-hydrogen) atoms. The van der Waals surface area contributed by atoms with Gasteiger partial charge in [0.15, 0.2) is 0 Å². The van der Waals surface area contributed by atoms with Crippen molar-refractivity contribution in [3.63, 3.8) is 0 Å². The smallest absolute Gasteiger partial charge is 0.323 e. The fourth-order valence-corrected chi connectivity index (χ4v) is 1.36. The first kappa shape index (κ1) is 13.4. The Labute approximate surface area is 101 Å². The van der Waals surface area contributed by atoms with Crippen molar-refractivity contribution in [1.29, 1.82) is 0 Å². The molecular formula is C10H19N5O2. The molecule has 1 heterocycles. The number of aliphatic hydroxyl groups excluding tert-OH is 1. The van der Waals surface area contributed by atoms with Crippen molar-refractivity contribution in [2.75, 3.05) is 36.9 Å². The second-order valence-electron chi connectivity index (χ2n) is 3.37. The molecule has 0 atom stereocenters. The maximum Gasteiger partial charge on any atom is 0.323 e. The van der Waals surface area contributed by atoms with Crippen molar-refractivity contribution >= 4 is 11.9 Å². The molecule has 0 aliphatic heterocycles. The summed E-state index contributed by atoms with van der Waals surface area (Å²) in [6.07, 6.45) is 0.656. The van der Waals surface area contributed by atoms with Gasteiger partial charge in [-0.3, -0.25) is 0 Å². The molecule has 1 aromatic heterocycles. The molecule has 0 fully saturated rings. The summed E-state index contributed by atoms with van der Waals surface area (Å²) in [6, 6.07) is 0.234. The van der Waals surface area contributed by atoms with Crippen LogP contribution in [-0.2, 0) is 0 Å². The van der Waals surface area contributed by atoms with Crippen LogP contribution in [0.2, 0.25) is 0 Å². The van der Waals surface area contributed by atoms with Gasteiger partial charge in [0.25, 0.3) is 0 Å². The SMILES string of the molecule is CCOc1nc(N)nc(N(CC)CCCO)n1. The zero-order chi connectivity index (χ0) is 12.7. The normalized spacial score (nSPS) is 10.3. The van der Waals surface area contributed by atoms with Crippen LogP contribution in [0, 0.1) is 0 Å². The number of anilines is 2. The van der Waals surface area contributed by atoms with E-state index >= 15 is 0 Å². The molecule has 1 aromatic rings. The minimum absolute atomic E-state index is 0.134. The van der Waals surface area contributed by atoms with Crippen molar-refractivity contribution in [3.05, 3.63) is 0 Å². The van der Waals surface area contributed by atoms with Gasteiger partial charge >= 0.3 is 6.01 Å². The summed E-state index contributed by atoms with van der Waals surface area (Å²) in [7, 11) is 0. The van der Waals surface area contributed by atoms with Gasteiger partial charge in [-0.25, -0.2) is 0 Å². The van der Waals surface area contributed by atoms with Crippen LogP contribution < -0.4 is 15.4 Å². The number of nitrogens with two attached hydrogens (primary N) is 1. The summed E-state index contributed by atoms with van der Waals surface area (Å²) in [6.45, 7) is 5.85. The molecule has 0 bridgehead atoms. The quantitative estimate of drug-likeness (QED) is 0.696. The molecule has 0 unspecified atom stereocenters. The number of ether oxygens (including phenoxy) is 1. The lowest BCUT2D eigenvalue weighted by Gasteiger charge is -2.20. The largest absolute Gasteiger partial charge is 0.464 e. The molecule has 0 aliphatic rings. The van der Waals surface area contributed by atoms with Gasteiger partial charge in [-0.1, -0.05) is 0 Å². The Morgan fingerprint density at radius 3 is 2.65 bits per heavy atom. The molecule has 7 nitrogen and oxygen atoms in total. The van der Waals surface area contributed by atoms with Gasteiger partial charge in [0.1, 0.15) is 0 Å². The number of hydrogen-bond donors (Lipinski definition) is 2. The molecule has 0 saturated carbocycles. The van der Waals surface area contributed by atoms with Crippen LogP contribution in [0.1, 0.15) is 20.3 Å². The third kappa shape index (κ3) is 4.03. The number of nitrogen functional groups attached to an aromatic ring is 1. The lowest BCUT2D eigenvalue weighted by Crippen LogP contribution is -2.27. The third-order valence-corrected chi connectivity index (χ3v) is 2.14. The van der Waals surface area contributed by atoms with E-state index < -0.39 is 0 Å². The summed E-state index contributed by atoms with van der Waals surface area (Å²) in [4.78, 5) is 14.0. The first-order valence-electron chi connectivity index (χ1n) is 5.71. The van der Waals surface area contributed by atoms with Gasteiger partial charge in [-0.15, -0.1) is 0 Å². The van der Waals surface area contributed by atoms with Crippen molar-refractivity contribution in [2.45, 2.75) is 20.3 Å². The van der Waals surface area contributed by atoms with Gasteiger partial charge in [-0.2, -0.15) is 15.0 Å². The fourth-order valence-electron chi connectivity index (χ4n) is 1.36.